The third-order valence-corrected chi connectivity index (χ3v) is 5.31. The van der Waals surface area contributed by atoms with Crippen LogP contribution in [0.3, 0.4) is 0 Å². The molecule has 3 atom stereocenters. The molecule has 3 rings (SSSR count). The monoisotopic (exact) mass is 388 g/mol. The highest BCUT2D eigenvalue weighted by Gasteiger charge is 2.48. The van der Waals surface area contributed by atoms with Crippen LogP contribution in [0.5, 0.6) is 0 Å². The summed E-state index contributed by atoms with van der Waals surface area (Å²) < 4.78 is 17.7. The number of unbranched alkanes of at least 4 members (excludes halogenated alkanes) is 3. The van der Waals surface area contributed by atoms with Crippen molar-refractivity contribution in [2.24, 2.45) is 5.11 Å². The summed E-state index contributed by atoms with van der Waals surface area (Å²) in [5, 5.41) is 3.96. The van der Waals surface area contributed by atoms with Crippen molar-refractivity contribution in [3.8, 4) is 0 Å². The number of hydrogen-bond donors (Lipinski definition) is 0. The molecule has 0 radical (unpaired) electrons. The maximum Gasteiger partial charge on any atom is 0.163 e. The van der Waals surface area contributed by atoms with Gasteiger partial charge in [-0.05, 0) is 44.3 Å². The molecule has 0 spiro atoms. The van der Waals surface area contributed by atoms with E-state index in [-0.39, 0.29) is 18.2 Å². The quantitative estimate of drug-likeness (QED) is 0.259. The van der Waals surface area contributed by atoms with Gasteiger partial charge in [-0.3, -0.25) is 0 Å². The van der Waals surface area contributed by atoms with Gasteiger partial charge in [-0.25, -0.2) is 0 Å². The number of likely N-dealkylation sites (tertiary alicyclic amines) is 1. The Labute approximate surface area is 167 Å². The first-order valence-corrected chi connectivity index (χ1v) is 10.3. The van der Waals surface area contributed by atoms with E-state index in [1.165, 1.54) is 18.4 Å². The number of nitrogens with zero attached hydrogens (tertiary/aromatic N) is 4. The topological polar surface area (TPSA) is 79.7 Å². The van der Waals surface area contributed by atoms with E-state index in [1.807, 2.05) is 32.0 Å². The van der Waals surface area contributed by atoms with Gasteiger partial charge >= 0.3 is 0 Å². The van der Waals surface area contributed by atoms with Gasteiger partial charge in [-0.15, -0.1) is 0 Å². The molecular formula is C21H32N4O3. The molecule has 2 aliphatic heterocycles. The number of rotatable bonds is 10. The summed E-state index contributed by atoms with van der Waals surface area (Å²) in [5.41, 5.74) is 10.1. The third kappa shape index (κ3) is 6.19. The molecule has 0 bridgehead atoms. The maximum absolute atomic E-state index is 8.88. The second-order valence-electron chi connectivity index (χ2n) is 8.12. The molecule has 0 N–H and O–H groups in total. The van der Waals surface area contributed by atoms with Gasteiger partial charge in [0.2, 0.25) is 0 Å². The highest BCUT2D eigenvalue weighted by molar-refractivity contribution is 5.13. The highest BCUT2D eigenvalue weighted by atomic mass is 16.8. The molecule has 2 heterocycles. The molecule has 2 fully saturated rings. The fraction of sp³-hybridized carbons (Fsp3) is 0.714. The first-order chi connectivity index (χ1) is 13.6. The largest absolute Gasteiger partial charge is 0.377 e. The lowest BCUT2D eigenvalue weighted by atomic mass is 10.00. The molecule has 1 aromatic carbocycles. The number of fused-ring (bicyclic) bond motifs is 1. The van der Waals surface area contributed by atoms with Crippen LogP contribution in [0.4, 0.5) is 0 Å². The van der Waals surface area contributed by atoms with E-state index in [4.69, 9.17) is 19.7 Å². The number of piperidine rings is 1. The number of benzene rings is 1. The summed E-state index contributed by atoms with van der Waals surface area (Å²) in [5.74, 6) is -0.603. The van der Waals surface area contributed by atoms with Gasteiger partial charge in [0.25, 0.3) is 0 Å². The van der Waals surface area contributed by atoms with E-state index in [9.17, 15) is 0 Å². The van der Waals surface area contributed by atoms with Crippen LogP contribution >= 0.6 is 0 Å². The van der Waals surface area contributed by atoms with E-state index in [0.717, 1.165) is 39.1 Å². The van der Waals surface area contributed by atoms with Gasteiger partial charge in [0.05, 0.1) is 18.8 Å². The summed E-state index contributed by atoms with van der Waals surface area (Å²) in [6.07, 6.45) is 4.40. The lowest BCUT2D eigenvalue weighted by molar-refractivity contribution is -0.145. The van der Waals surface area contributed by atoms with E-state index >= 15 is 0 Å². The van der Waals surface area contributed by atoms with Gasteiger partial charge < -0.3 is 19.1 Å². The lowest BCUT2D eigenvalue weighted by Gasteiger charge is -2.36. The highest BCUT2D eigenvalue weighted by Crippen LogP contribution is 2.34. The first-order valence-electron chi connectivity index (χ1n) is 10.3. The molecule has 7 nitrogen and oxygen atoms in total. The van der Waals surface area contributed by atoms with Crippen molar-refractivity contribution >= 4 is 0 Å². The van der Waals surface area contributed by atoms with Crippen molar-refractivity contribution in [1.82, 2.24) is 4.90 Å². The second-order valence-corrected chi connectivity index (χ2v) is 8.12. The molecule has 28 heavy (non-hydrogen) atoms. The minimum Gasteiger partial charge on any atom is -0.377 e. The van der Waals surface area contributed by atoms with Gasteiger partial charge in [-0.1, -0.05) is 48.3 Å². The first kappa shape index (κ1) is 21.1. The Hall–Kier alpha value is -1.63. The van der Waals surface area contributed by atoms with Crippen LogP contribution in [0.15, 0.2) is 35.4 Å². The van der Waals surface area contributed by atoms with Crippen LogP contribution in [0.25, 0.3) is 10.4 Å². The zero-order valence-electron chi connectivity index (χ0n) is 17.0. The Kier molecular flexibility index (Phi) is 7.71. The zero-order valence-corrected chi connectivity index (χ0v) is 17.0. The molecule has 7 heteroatoms. The molecule has 154 valence electrons. The van der Waals surface area contributed by atoms with Crippen molar-refractivity contribution in [3.05, 3.63) is 46.3 Å². The van der Waals surface area contributed by atoms with Crippen molar-refractivity contribution < 1.29 is 14.2 Å². The van der Waals surface area contributed by atoms with Gasteiger partial charge in [0.15, 0.2) is 5.79 Å². The summed E-state index contributed by atoms with van der Waals surface area (Å²) in [7, 11) is 0. The normalized spacial score (nSPS) is 26.6. The van der Waals surface area contributed by atoms with E-state index in [0.29, 0.717) is 6.61 Å². The number of azide groups is 1. The number of hydrogen-bond acceptors (Lipinski definition) is 5. The lowest BCUT2D eigenvalue weighted by Crippen LogP contribution is -2.53. The van der Waals surface area contributed by atoms with Crippen LogP contribution < -0.4 is 0 Å². The van der Waals surface area contributed by atoms with Crippen LogP contribution in [-0.4, -0.2) is 55.2 Å². The third-order valence-electron chi connectivity index (χ3n) is 5.31. The standard InChI is InChI=1S/C21H32N4O3/c1-21(2)27-19-15-25(14-18(23-24-22)20(19)28-21)12-8-3-4-9-13-26-16-17-10-6-5-7-11-17/h5-7,10-11,18-20H,3-4,8-9,12-16H2,1-2H3/t18-,19-,20+/m0/s1. The summed E-state index contributed by atoms with van der Waals surface area (Å²) in [6.45, 7) is 7.91. The Morgan fingerprint density at radius 1 is 1.14 bits per heavy atom. The average Bonchev–Trinajstić information content (AvgIpc) is 2.99. The molecular weight excluding hydrogens is 356 g/mol. The second kappa shape index (κ2) is 10.2. The predicted octanol–water partition coefficient (Wildman–Crippen LogP) is 4.28. The molecule has 0 saturated carbocycles. The van der Waals surface area contributed by atoms with Crippen LogP contribution in [0.2, 0.25) is 0 Å². The zero-order chi connectivity index (χ0) is 19.8. The predicted molar refractivity (Wildman–Crippen MR) is 108 cm³/mol. The fourth-order valence-corrected chi connectivity index (χ4v) is 4.04. The summed E-state index contributed by atoms with van der Waals surface area (Å²) in [4.78, 5) is 5.36. The smallest absolute Gasteiger partial charge is 0.163 e. The maximum atomic E-state index is 8.88. The fourth-order valence-electron chi connectivity index (χ4n) is 4.04. The van der Waals surface area contributed by atoms with Crippen molar-refractivity contribution in [1.29, 1.82) is 0 Å². The summed E-state index contributed by atoms with van der Waals surface area (Å²) >= 11 is 0. The average molecular weight is 389 g/mol. The van der Waals surface area contributed by atoms with Crippen molar-refractivity contribution in [3.63, 3.8) is 0 Å². The molecule has 2 aliphatic rings. The van der Waals surface area contributed by atoms with Crippen LogP contribution in [-0.2, 0) is 20.8 Å². The van der Waals surface area contributed by atoms with Gasteiger partial charge in [0, 0.05) is 24.6 Å². The van der Waals surface area contributed by atoms with Crippen LogP contribution in [0.1, 0.15) is 45.1 Å². The molecule has 0 unspecified atom stereocenters. The number of ether oxygens (including phenoxy) is 3. The Bertz CT molecular complexity index is 648. The molecule has 2 saturated heterocycles. The molecule has 0 aliphatic carbocycles. The van der Waals surface area contributed by atoms with Crippen molar-refractivity contribution in [2.45, 2.75) is 70.2 Å². The van der Waals surface area contributed by atoms with Gasteiger partial charge in [-0.2, -0.15) is 0 Å². The Balaban J connectivity index is 1.30. The molecule has 0 amide bonds. The van der Waals surface area contributed by atoms with Crippen LogP contribution in [0, 0.1) is 0 Å². The van der Waals surface area contributed by atoms with Crippen molar-refractivity contribution in [2.75, 3.05) is 26.2 Å². The molecule has 0 aromatic heterocycles. The Morgan fingerprint density at radius 3 is 2.71 bits per heavy atom. The minimum absolute atomic E-state index is 0.0226. The molecule has 1 aromatic rings. The Morgan fingerprint density at radius 2 is 1.93 bits per heavy atom. The minimum atomic E-state index is -0.603. The SMILES string of the molecule is CC1(C)O[C@@H]2[C@@H](N=[N+]=[N-])CN(CCCCCCOCc3ccccc3)C[C@@H]2O1. The van der Waals surface area contributed by atoms with Gasteiger partial charge in [0.1, 0.15) is 6.10 Å². The van der Waals surface area contributed by atoms with E-state index < -0.39 is 5.79 Å². The summed E-state index contributed by atoms with van der Waals surface area (Å²) in [6, 6.07) is 10.1. The van der Waals surface area contributed by atoms with E-state index in [1.54, 1.807) is 0 Å². The van der Waals surface area contributed by atoms with E-state index in [2.05, 4.69) is 27.1 Å².